The van der Waals surface area contributed by atoms with Crippen molar-refractivity contribution < 1.29 is 9.90 Å². The first kappa shape index (κ1) is 11.9. The number of hydrogen-bond acceptors (Lipinski definition) is 5. The minimum absolute atomic E-state index is 0.00310. The molecule has 2 unspecified atom stereocenters. The van der Waals surface area contributed by atoms with E-state index in [-0.39, 0.29) is 5.91 Å². The van der Waals surface area contributed by atoms with E-state index in [2.05, 4.69) is 15.5 Å². The molecule has 1 amide bonds. The molecule has 4 saturated carbocycles. The smallest absolute Gasteiger partial charge is 0.236 e. The molecule has 2 N–H and O–H groups in total. The van der Waals surface area contributed by atoms with E-state index in [1.807, 2.05) is 0 Å². The fourth-order valence-corrected chi connectivity index (χ4v) is 4.99. The Labute approximate surface area is 115 Å². The molecular formula is C13H17N3O2S. The van der Waals surface area contributed by atoms with Gasteiger partial charge in [0.15, 0.2) is 5.17 Å². The molecule has 1 heterocycles. The van der Waals surface area contributed by atoms with Crippen LogP contribution in [0.2, 0.25) is 0 Å². The van der Waals surface area contributed by atoms with E-state index in [1.54, 1.807) is 0 Å². The average molecular weight is 279 g/mol. The maximum absolute atomic E-state index is 11.1. The van der Waals surface area contributed by atoms with Crippen molar-refractivity contribution in [2.24, 2.45) is 28.0 Å². The summed E-state index contributed by atoms with van der Waals surface area (Å²) in [6, 6.07) is 0. The highest BCUT2D eigenvalue weighted by Gasteiger charge is 2.53. The molecule has 4 aliphatic carbocycles. The fourth-order valence-electron chi connectivity index (χ4n) is 4.37. The number of amidine groups is 1. The van der Waals surface area contributed by atoms with Gasteiger partial charge < -0.3 is 10.4 Å². The Hall–Kier alpha value is -0.880. The molecule has 0 aromatic heterocycles. The average Bonchev–Trinajstić information content (AvgIpc) is 2.72. The topological polar surface area (TPSA) is 74.0 Å². The van der Waals surface area contributed by atoms with Crippen LogP contribution in [0.15, 0.2) is 10.2 Å². The fraction of sp³-hybridized carbons (Fsp3) is 0.769. The van der Waals surface area contributed by atoms with Gasteiger partial charge in [0.05, 0.1) is 11.4 Å². The van der Waals surface area contributed by atoms with Crippen LogP contribution in [0.4, 0.5) is 0 Å². The first-order valence-electron chi connectivity index (χ1n) is 6.92. The molecule has 0 spiro atoms. The Bertz CT molecular complexity index is 484. The molecule has 5 fully saturated rings. The zero-order chi connectivity index (χ0) is 13.0. The van der Waals surface area contributed by atoms with Crippen LogP contribution in [-0.4, -0.2) is 33.2 Å². The number of amides is 1. The molecule has 0 aromatic carbocycles. The van der Waals surface area contributed by atoms with Crippen LogP contribution >= 0.6 is 11.8 Å². The lowest BCUT2D eigenvalue weighted by molar-refractivity contribution is -0.116. The SMILES string of the molecule is O=C1CS/C(=N\N=C2C3CC4CC2CC(O)(C4)C3)N1. The quantitative estimate of drug-likeness (QED) is 0.707. The van der Waals surface area contributed by atoms with Gasteiger partial charge in [-0.3, -0.25) is 4.79 Å². The Morgan fingerprint density at radius 3 is 2.53 bits per heavy atom. The van der Waals surface area contributed by atoms with E-state index in [0.717, 1.165) is 37.8 Å². The van der Waals surface area contributed by atoms with Crippen LogP contribution < -0.4 is 5.32 Å². The monoisotopic (exact) mass is 279 g/mol. The number of hydrogen-bond donors (Lipinski definition) is 2. The summed E-state index contributed by atoms with van der Waals surface area (Å²) in [6.45, 7) is 0. The summed E-state index contributed by atoms with van der Waals surface area (Å²) in [6.07, 6.45) is 4.99. The van der Waals surface area contributed by atoms with Gasteiger partial charge in [0.25, 0.3) is 0 Å². The number of nitrogens with zero attached hydrogens (tertiary/aromatic N) is 2. The molecule has 4 bridgehead atoms. The van der Waals surface area contributed by atoms with Crippen molar-refractivity contribution in [3.8, 4) is 0 Å². The molecule has 2 atom stereocenters. The summed E-state index contributed by atoms with van der Waals surface area (Å²) in [5.74, 6) is 1.93. The number of rotatable bonds is 1. The van der Waals surface area contributed by atoms with E-state index in [1.165, 1.54) is 11.8 Å². The van der Waals surface area contributed by atoms with Gasteiger partial charge in [0, 0.05) is 17.5 Å². The van der Waals surface area contributed by atoms with Crippen molar-refractivity contribution in [2.75, 3.05) is 5.75 Å². The van der Waals surface area contributed by atoms with Crippen molar-refractivity contribution >= 4 is 28.5 Å². The molecule has 0 aromatic rings. The Kier molecular flexibility index (Phi) is 2.54. The van der Waals surface area contributed by atoms with Gasteiger partial charge in [0.1, 0.15) is 0 Å². The summed E-state index contributed by atoms with van der Waals surface area (Å²) >= 11 is 1.41. The second-order valence-corrected chi connectivity index (χ2v) is 7.30. The third-order valence-electron chi connectivity index (χ3n) is 4.84. The zero-order valence-corrected chi connectivity index (χ0v) is 11.4. The summed E-state index contributed by atoms with van der Waals surface area (Å²) in [7, 11) is 0. The predicted octanol–water partition coefficient (Wildman–Crippen LogP) is 1.13. The second kappa shape index (κ2) is 4.06. The van der Waals surface area contributed by atoms with Crippen LogP contribution in [0.1, 0.15) is 32.1 Å². The summed E-state index contributed by atoms with van der Waals surface area (Å²) in [5.41, 5.74) is 0.730. The number of thioether (sulfide) groups is 1. The van der Waals surface area contributed by atoms with Gasteiger partial charge in [-0.15, -0.1) is 5.10 Å². The molecule has 5 aliphatic rings. The molecule has 5 nitrogen and oxygen atoms in total. The maximum atomic E-state index is 11.1. The third kappa shape index (κ3) is 2.01. The van der Waals surface area contributed by atoms with Crippen LogP contribution in [0.25, 0.3) is 0 Å². The Balaban J connectivity index is 1.58. The van der Waals surface area contributed by atoms with Gasteiger partial charge in [-0.1, -0.05) is 11.8 Å². The van der Waals surface area contributed by atoms with E-state index in [9.17, 15) is 9.90 Å². The van der Waals surface area contributed by atoms with Crippen LogP contribution in [0.5, 0.6) is 0 Å². The molecule has 102 valence electrons. The standard InChI is InChI=1S/C13H17N3O2S/c17-10-6-19-12(14-10)16-15-11-8-1-7-2-9(11)5-13(18,3-7)4-8/h7-9,18H,1-6H2,(H,14,16,17). The number of carbonyl (C=O) groups excluding carboxylic acids is 1. The molecule has 1 aliphatic heterocycles. The normalized spacial score (nSPS) is 45.9. The maximum Gasteiger partial charge on any atom is 0.236 e. The number of aliphatic hydroxyl groups is 1. The molecule has 19 heavy (non-hydrogen) atoms. The molecule has 5 rings (SSSR count). The van der Waals surface area contributed by atoms with E-state index in [4.69, 9.17) is 0 Å². The molecule has 6 heteroatoms. The largest absolute Gasteiger partial charge is 0.390 e. The van der Waals surface area contributed by atoms with Crippen LogP contribution in [0.3, 0.4) is 0 Å². The van der Waals surface area contributed by atoms with E-state index < -0.39 is 5.60 Å². The first-order chi connectivity index (χ1) is 9.11. The van der Waals surface area contributed by atoms with E-state index in [0.29, 0.717) is 28.7 Å². The zero-order valence-electron chi connectivity index (χ0n) is 10.6. The lowest BCUT2D eigenvalue weighted by atomic mass is 9.53. The van der Waals surface area contributed by atoms with Gasteiger partial charge in [-0.05, 0) is 38.0 Å². The molecule has 0 radical (unpaired) electrons. The van der Waals surface area contributed by atoms with Crippen LogP contribution in [-0.2, 0) is 4.79 Å². The number of carbonyl (C=O) groups is 1. The van der Waals surface area contributed by atoms with Crippen molar-refractivity contribution in [2.45, 2.75) is 37.7 Å². The highest BCUT2D eigenvalue weighted by Crippen LogP contribution is 2.54. The van der Waals surface area contributed by atoms with Gasteiger partial charge in [-0.2, -0.15) is 5.10 Å². The lowest BCUT2D eigenvalue weighted by Crippen LogP contribution is -2.55. The minimum Gasteiger partial charge on any atom is -0.390 e. The Morgan fingerprint density at radius 1 is 1.21 bits per heavy atom. The van der Waals surface area contributed by atoms with E-state index >= 15 is 0 Å². The highest BCUT2D eigenvalue weighted by molar-refractivity contribution is 8.15. The third-order valence-corrected chi connectivity index (χ3v) is 5.70. The number of nitrogens with one attached hydrogen (secondary N) is 1. The van der Waals surface area contributed by atoms with Gasteiger partial charge >= 0.3 is 0 Å². The minimum atomic E-state index is -0.432. The second-order valence-electron chi connectivity index (χ2n) is 6.33. The summed E-state index contributed by atoms with van der Waals surface area (Å²) in [4.78, 5) is 11.1. The van der Waals surface area contributed by atoms with Crippen molar-refractivity contribution in [1.29, 1.82) is 0 Å². The summed E-state index contributed by atoms with van der Waals surface area (Å²) in [5, 5.41) is 22.4. The van der Waals surface area contributed by atoms with Crippen molar-refractivity contribution in [1.82, 2.24) is 5.32 Å². The van der Waals surface area contributed by atoms with Gasteiger partial charge in [0.2, 0.25) is 5.91 Å². The highest BCUT2D eigenvalue weighted by atomic mass is 32.2. The predicted molar refractivity (Wildman–Crippen MR) is 74.0 cm³/mol. The van der Waals surface area contributed by atoms with Crippen molar-refractivity contribution in [3.63, 3.8) is 0 Å². The lowest BCUT2D eigenvalue weighted by Gasteiger charge is -2.54. The van der Waals surface area contributed by atoms with Gasteiger partial charge in [-0.25, -0.2) is 0 Å². The molecule has 1 saturated heterocycles. The van der Waals surface area contributed by atoms with Crippen LogP contribution in [0, 0.1) is 17.8 Å². The first-order valence-corrected chi connectivity index (χ1v) is 7.90. The summed E-state index contributed by atoms with van der Waals surface area (Å²) < 4.78 is 0. The Morgan fingerprint density at radius 2 is 1.95 bits per heavy atom. The van der Waals surface area contributed by atoms with Crippen molar-refractivity contribution in [3.05, 3.63) is 0 Å². The molecular weight excluding hydrogens is 262 g/mol.